The fraction of sp³-hybridized carbons (Fsp3) is 0.452. The van der Waals surface area contributed by atoms with Crippen molar-refractivity contribution < 1.29 is 41.8 Å². The van der Waals surface area contributed by atoms with E-state index < -0.39 is 48.5 Å². The molecule has 1 unspecified atom stereocenters. The van der Waals surface area contributed by atoms with Crippen LogP contribution < -0.4 is 10.1 Å². The van der Waals surface area contributed by atoms with Crippen molar-refractivity contribution in [1.29, 1.82) is 0 Å². The lowest BCUT2D eigenvalue weighted by molar-refractivity contribution is -0.153. The van der Waals surface area contributed by atoms with E-state index in [1.54, 1.807) is 22.2 Å². The van der Waals surface area contributed by atoms with Crippen LogP contribution in [0.3, 0.4) is 0 Å². The number of ether oxygens (including phenoxy) is 2. The van der Waals surface area contributed by atoms with E-state index in [0.717, 1.165) is 16.7 Å². The third kappa shape index (κ3) is 8.78. The van der Waals surface area contributed by atoms with E-state index in [4.69, 9.17) is 13.9 Å². The van der Waals surface area contributed by atoms with Crippen LogP contribution in [-0.4, -0.2) is 106 Å². The van der Waals surface area contributed by atoms with Gasteiger partial charge in [0.05, 0.1) is 18.2 Å². The lowest BCUT2D eigenvalue weighted by Crippen LogP contribution is -2.61. The highest BCUT2D eigenvalue weighted by Gasteiger charge is 2.54. The van der Waals surface area contributed by atoms with E-state index in [9.17, 15) is 27.9 Å². The number of hydrogen-bond acceptors (Lipinski definition) is 9. The number of halogens is 3. The summed E-state index contributed by atoms with van der Waals surface area (Å²) in [5.41, 5.74) is 1.64. The molecule has 2 aromatic heterocycles. The molecule has 0 radical (unpaired) electrons. The Morgan fingerprint density at radius 2 is 1.73 bits per heavy atom. The molecule has 2 aromatic carbocycles. The number of aliphatic hydroxyl groups excluding tert-OH is 1. The van der Waals surface area contributed by atoms with E-state index in [2.05, 4.69) is 10.3 Å². The van der Waals surface area contributed by atoms with Gasteiger partial charge in [-0.1, -0.05) is 48.5 Å². The molecule has 3 aliphatic heterocycles. The quantitative estimate of drug-likeness (QED) is 0.185. The van der Waals surface area contributed by atoms with Crippen molar-refractivity contribution in [2.24, 2.45) is 5.92 Å². The number of para-hydroxylation sites is 1. The number of furan rings is 1. The Kier molecular flexibility index (Phi) is 11.5. The Balaban J connectivity index is 1.10. The van der Waals surface area contributed by atoms with Crippen molar-refractivity contribution in [2.75, 3.05) is 39.3 Å². The smallest absolute Gasteiger partial charge is 0.405 e. The molecular weight excluding hydrogens is 727 g/mol. The molecule has 4 aromatic rings. The molecule has 2 fully saturated rings. The maximum atomic E-state index is 14.8. The van der Waals surface area contributed by atoms with E-state index in [-0.39, 0.29) is 50.7 Å². The van der Waals surface area contributed by atoms with Crippen LogP contribution in [0, 0.1) is 5.92 Å². The maximum absolute atomic E-state index is 14.8. The van der Waals surface area contributed by atoms with Crippen LogP contribution in [-0.2, 0) is 20.7 Å². The number of aromatic nitrogens is 1. The number of rotatable bonds is 12. The molecule has 5 heterocycles. The van der Waals surface area contributed by atoms with Crippen molar-refractivity contribution in [3.05, 3.63) is 108 Å². The number of nitrogens with zero attached hydrogens (tertiary/aromatic N) is 4. The van der Waals surface area contributed by atoms with Gasteiger partial charge in [0.2, 0.25) is 11.8 Å². The molecule has 14 heteroatoms. The van der Waals surface area contributed by atoms with Crippen LogP contribution in [0.4, 0.5) is 13.2 Å². The number of carbonyl (C=O) groups is 2. The highest BCUT2D eigenvalue weighted by Crippen LogP contribution is 2.48. The van der Waals surface area contributed by atoms with Crippen molar-refractivity contribution >= 4 is 11.8 Å². The second-order valence-electron chi connectivity index (χ2n) is 15.3. The Hall–Kier alpha value is -4.76. The molecule has 6 atom stereocenters. The standard InChI is InChI=1S/C42H48F3N5O6/c1-27(34-13-14-35(55-34)29-15-17-46-18-16-29)48-19-20-49(33(24-48)39(52)47-26-42(43,44)45)23-31(51)22-30(21-28-9-5-4-6-10-28)40(53)50-38-32-11-7-8-12-36(32)54-25-37(38)56-41(50,2)3/h4-18,27,30-31,33,37-38,51H,19-26H2,1-3H3,(H,47,52)/t27?,30-,31+,33+,37-,38+/m1/s1. The number of pyridine rings is 1. The molecule has 7 rings (SSSR count). The average Bonchev–Trinajstić information content (AvgIpc) is 3.79. The summed E-state index contributed by atoms with van der Waals surface area (Å²) in [4.78, 5) is 37.9. The second-order valence-corrected chi connectivity index (χ2v) is 15.3. The number of β-amino-alcohol motifs (C(OH)–C–C–N with tert-alkyl or cyclic N) is 1. The second kappa shape index (κ2) is 16.4. The predicted octanol–water partition coefficient (Wildman–Crippen LogP) is 5.77. The number of amides is 2. The topological polar surface area (TPSA) is 121 Å². The summed E-state index contributed by atoms with van der Waals surface area (Å²) in [7, 11) is 0. The van der Waals surface area contributed by atoms with Crippen molar-refractivity contribution in [3.63, 3.8) is 0 Å². The first-order valence-corrected chi connectivity index (χ1v) is 19.0. The minimum atomic E-state index is -4.60. The molecule has 298 valence electrons. The van der Waals surface area contributed by atoms with Gasteiger partial charge < -0.3 is 29.2 Å². The van der Waals surface area contributed by atoms with Gasteiger partial charge in [-0.2, -0.15) is 13.2 Å². The number of aliphatic hydroxyl groups is 1. The summed E-state index contributed by atoms with van der Waals surface area (Å²) >= 11 is 0. The highest BCUT2D eigenvalue weighted by molar-refractivity contribution is 5.82. The molecule has 2 saturated heterocycles. The molecular formula is C42H48F3N5O6. The Labute approximate surface area is 324 Å². The fourth-order valence-corrected chi connectivity index (χ4v) is 8.32. The zero-order chi connectivity index (χ0) is 39.6. The van der Waals surface area contributed by atoms with Crippen molar-refractivity contribution in [2.45, 2.75) is 75.8 Å². The van der Waals surface area contributed by atoms with Gasteiger partial charge >= 0.3 is 6.18 Å². The first-order valence-electron chi connectivity index (χ1n) is 19.0. The maximum Gasteiger partial charge on any atom is 0.405 e. The number of carbonyl (C=O) groups excluding carboxylic acids is 2. The van der Waals surface area contributed by atoms with Gasteiger partial charge in [-0.3, -0.25) is 24.4 Å². The molecule has 0 saturated carbocycles. The number of nitrogens with one attached hydrogen (secondary N) is 1. The third-order valence-corrected chi connectivity index (χ3v) is 11.0. The van der Waals surface area contributed by atoms with E-state index in [1.165, 1.54) is 0 Å². The van der Waals surface area contributed by atoms with Gasteiger partial charge in [-0.25, -0.2) is 0 Å². The van der Waals surface area contributed by atoms with Crippen molar-refractivity contribution in [1.82, 2.24) is 25.0 Å². The summed E-state index contributed by atoms with van der Waals surface area (Å²) in [6.07, 6.45) is -2.35. The Morgan fingerprint density at radius 3 is 2.48 bits per heavy atom. The minimum absolute atomic E-state index is 0.0273. The summed E-state index contributed by atoms with van der Waals surface area (Å²) in [6, 6.07) is 22.8. The average molecular weight is 776 g/mol. The lowest BCUT2D eigenvalue weighted by atomic mass is 9.89. The van der Waals surface area contributed by atoms with Crippen molar-refractivity contribution in [3.8, 4) is 17.1 Å². The molecule has 0 bridgehead atoms. The molecule has 0 spiro atoms. The lowest BCUT2D eigenvalue weighted by Gasteiger charge is -2.43. The Morgan fingerprint density at radius 1 is 1.00 bits per heavy atom. The normalized spacial score (nSPS) is 22.7. The van der Waals surface area contributed by atoms with Gasteiger partial charge in [0.1, 0.15) is 48.3 Å². The third-order valence-electron chi connectivity index (χ3n) is 11.0. The summed E-state index contributed by atoms with van der Waals surface area (Å²) in [5, 5.41) is 13.8. The minimum Gasteiger partial charge on any atom is -0.490 e. The van der Waals surface area contributed by atoms with E-state index in [1.807, 2.05) is 105 Å². The molecule has 2 amide bonds. The van der Waals surface area contributed by atoms with Gasteiger partial charge in [0.15, 0.2) is 0 Å². The first-order chi connectivity index (χ1) is 26.8. The van der Waals surface area contributed by atoms with Crippen LogP contribution in [0.5, 0.6) is 5.75 Å². The number of piperazine rings is 1. The van der Waals surface area contributed by atoms with Gasteiger partial charge in [0.25, 0.3) is 0 Å². The molecule has 56 heavy (non-hydrogen) atoms. The number of hydrogen-bond donors (Lipinski definition) is 2. The van der Waals surface area contributed by atoms with Gasteiger partial charge in [-0.15, -0.1) is 0 Å². The zero-order valence-corrected chi connectivity index (χ0v) is 31.7. The first kappa shape index (κ1) is 39.5. The largest absolute Gasteiger partial charge is 0.490 e. The number of fused-ring (bicyclic) bond motifs is 3. The van der Waals surface area contributed by atoms with Crippen LogP contribution in [0.1, 0.15) is 56.2 Å². The summed E-state index contributed by atoms with van der Waals surface area (Å²) in [6.45, 7) is 5.26. The van der Waals surface area contributed by atoms with Gasteiger partial charge in [0, 0.05) is 55.6 Å². The predicted molar refractivity (Wildman–Crippen MR) is 201 cm³/mol. The fourth-order valence-electron chi connectivity index (χ4n) is 8.32. The summed E-state index contributed by atoms with van der Waals surface area (Å²) in [5.74, 6) is 0.319. The summed E-state index contributed by atoms with van der Waals surface area (Å²) < 4.78 is 58.4. The van der Waals surface area contributed by atoms with Crippen LogP contribution >= 0.6 is 0 Å². The van der Waals surface area contributed by atoms with Crippen LogP contribution in [0.2, 0.25) is 0 Å². The van der Waals surface area contributed by atoms with E-state index in [0.29, 0.717) is 30.2 Å². The number of benzene rings is 2. The molecule has 2 N–H and O–H groups in total. The molecule has 0 aliphatic carbocycles. The van der Waals surface area contributed by atoms with Gasteiger partial charge in [-0.05, 0) is 69.5 Å². The molecule has 3 aliphatic rings. The Bertz CT molecular complexity index is 1960. The van der Waals surface area contributed by atoms with Crippen LogP contribution in [0.25, 0.3) is 11.3 Å². The SMILES string of the molecule is CC(c1ccc(-c2ccncc2)o1)N1CCN(C[C@@H](O)C[C@@H](Cc2ccccc2)C(=O)N2[C@H]3c4ccccc4OC[C@H]3OC2(C)C)[C@H](C(=O)NCC(F)(F)F)C1. The molecule has 11 nitrogen and oxygen atoms in total. The highest BCUT2D eigenvalue weighted by atomic mass is 19.4. The monoisotopic (exact) mass is 775 g/mol. The van der Waals surface area contributed by atoms with Crippen LogP contribution in [0.15, 0.2) is 95.7 Å². The number of alkyl halides is 3. The zero-order valence-electron chi connectivity index (χ0n) is 31.7. The van der Waals surface area contributed by atoms with E-state index >= 15 is 0 Å².